The van der Waals surface area contributed by atoms with Crippen LogP contribution in [0, 0.1) is 0 Å². The summed E-state index contributed by atoms with van der Waals surface area (Å²) >= 11 is 3.19. The molecule has 0 aromatic rings. The maximum atomic E-state index is 3.19. The van der Waals surface area contributed by atoms with Crippen molar-refractivity contribution in [3.8, 4) is 0 Å². The molecule has 36 heavy (non-hydrogen) atoms. The van der Waals surface area contributed by atoms with E-state index in [1.165, 1.54) is 167 Å². The van der Waals surface area contributed by atoms with Gasteiger partial charge in [-0.3, -0.25) is 0 Å². The first-order valence-electron chi connectivity index (χ1n) is 17.3. The van der Waals surface area contributed by atoms with Crippen molar-refractivity contribution in [2.75, 3.05) is 24.6 Å². The number of hydrogen-bond acceptors (Lipinski definition) is 0. The molecule has 0 aliphatic heterocycles. The van der Waals surface area contributed by atoms with E-state index in [0.29, 0.717) is 0 Å². The first-order chi connectivity index (χ1) is 17.5. The number of hydrogen-bond donors (Lipinski definition) is 0. The van der Waals surface area contributed by atoms with E-state index in [-0.39, 0.29) is 0 Å². The molecule has 0 amide bonds. The number of rotatable bonds is 30. The van der Waals surface area contributed by atoms with Crippen LogP contribution in [0.1, 0.15) is 195 Å². The molecule has 0 fully saturated rings. The Labute approximate surface area is 244 Å². The second kappa shape index (κ2) is 26.4. The van der Waals surface area contributed by atoms with Gasteiger partial charge in [-0.05, 0) is 0 Å². The van der Waals surface area contributed by atoms with Gasteiger partial charge in [-0.2, -0.15) is 0 Å². The molecule has 0 rings (SSSR count). The van der Waals surface area contributed by atoms with Crippen molar-refractivity contribution in [3.63, 3.8) is 0 Å². The quantitative estimate of drug-likeness (QED) is 0.0417. The summed E-state index contributed by atoms with van der Waals surface area (Å²) in [5, 5.41) is 0. The molecule has 0 bridgehead atoms. The minimum atomic E-state index is -1.57. The van der Waals surface area contributed by atoms with Gasteiger partial charge in [-0.1, -0.05) is 26.2 Å². The van der Waals surface area contributed by atoms with Gasteiger partial charge < -0.3 is 0 Å². The zero-order valence-corrected chi connectivity index (χ0v) is 29.1. The van der Waals surface area contributed by atoms with Crippen molar-refractivity contribution in [2.24, 2.45) is 0 Å². The average molecular weight is 639 g/mol. The molecule has 0 N–H and O–H groups in total. The SMILES string of the molecule is CCCCCCCCCCCCCCCCP(I)(CCCCCC)(CCCCCC)CCCCCC. The summed E-state index contributed by atoms with van der Waals surface area (Å²) in [6.07, 6.45) is 44.7. The Morgan fingerprint density at radius 1 is 0.278 bits per heavy atom. The summed E-state index contributed by atoms with van der Waals surface area (Å²) in [4.78, 5) is 0. The summed E-state index contributed by atoms with van der Waals surface area (Å²) in [5.74, 6) is 0. The van der Waals surface area contributed by atoms with Crippen molar-refractivity contribution in [1.29, 1.82) is 0 Å². The molecule has 0 saturated carbocycles. The molecule has 0 nitrogen and oxygen atoms in total. The monoisotopic (exact) mass is 638 g/mol. The van der Waals surface area contributed by atoms with Gasteiger partial charge in [0, 0.05) is 0 Å². The Hall–Kier alpha value is 1.16. The first kappa shape index (κ1) is 37.2. The van der Waals surface area contributed by atoms with Crippen LogP contribution >= 0.6 is 26.3 Å². The molecule has 0 saturated heterocycles. The van der Waals surface area contributed by atoms with Crippen molar-refractivity contribution < 1.29 is 0 Å². The second-order valence-electron chi connectivity index (χ2n) is 12.5. The van der Waals surface area contributed by atoms with Gasteiger partial charge in [0.15, 0.2) is 0 Å². The van der Waals surface area contributed by atoms with Gasteiger partial charge >= 0.3 is 219 Å². The van der Waals surface area contributed by atoms with Crippen molar-refractivity contribution >= 4 is 26.3 Å². The Morgan fingerprint density at radius 2 is 0.444 bits per heavy atom. The van der Waals surface area contributed by atoms with E-state index >= 15 is 0 Å². The van der Waals surface area contributed by atoms with Crippen molar-refractivity contribution in [2.45, 2.75) is 195 Å². The van der Waals surface area contributed by atoms with Crippen LogP contribution in [0.3, 0.4) is 0 Å². The Morgan fingerprint density at radius 3 is 0.667 bits per heavy atom. The third-order valence-corrected chi connectivity index (χ3v) is 20.3. The third kappa shape index (κ3) is 22.0. The average Bonchev–Trinajstić information content (AvgIpc) is 2.88. The molecular formula is C34H72IP. The Bertz CT molecular complexity index is 401. The molecule has 0 heterocycles. The van der Waals surface area contributed by atoms with Crippen LogP contribution in [-0.4, -0.2) is 24.6 Å². The molecule has 0 aliphatic rings. The molecule has 220 valence electrons. The summed E-state index contributed by atoms with van der Waals surface area (Å²) in [7, 11) is 0. The second-order valence-corrected chi connectivity index (χ2v) is 26.1. The fourth-order valence-electron chi connectivity index (χ4n) is 6.17. The van der Waals surface area contributed by atoms with Crippen molar-refractivity contribution in [3.05, 3.63) is 0 Å². The fourth-order valence-corrected chi connectivity index (χ4v) is 15.7. The third-order valence-electron chi connectivity index (χ3n) is 8.78. The molecule has 0 aromatic carbocycles. The predicted molar refractivity (Wildman–Crippen MR) is 183 cm³/mol. The molecule has 0 radical (unpaired) electrons. The Kier molecular flexibility index (Phi) is 27.2. The first-order valence-corrected chi connectivity index (χ1v) is 23.0. The van der Waals surface area contributed by atoms with E-state index in [9.17, 15) is 0 Å². The van der Waals surface area contributed by atoms with Crippen LogP contribution in [-0.2, 0) is 0 Å². The minimum absolute atomic E-state index is 1.37. The number of unbranched alkanes of at least 4 members (excludes halogenated alkanes) is 22. The van der Waals surface area contributed by atoms with Gasteiger partial charge in [-0.15, -0.1) is 0 Å². The summed E-state index contributed by atoms with van der Waals surface area (Å²) < 4.78 is -1.57. The molecular weight excluding hydrogens is 566 g/mol. The van der Waals surface area contributed by atoms with Crippen LogP contribution in [0.4, 0.5) is 0 Å². The van der Waals surface area contributed by atoms with E-state index < -0.39 is 4.25 Å². The van der Waals surface area contributed by atoms with Gasteiger partial charge in [0.05, 0.1) is 0 Å². The summed E-state index contributed by atoms with van der Waals surface area (Å²) in [5.41, 5.74) is 0. The predicted octanol–water partition coefficient (Wildman–Crippen LogP) is 14.1. The van der Waals surface area contributed by atoms with Crippen LogP contribution in [0.5, 0.6) is 0 Å². The molecule has 2 heteroatoms. The zero-order valence-electron chi connectivity index (χ0n) is 26.0. The van der Waals surface area contributed by atoms with Gasteiger partial charge in [0.1, 0.15) is 0 Å². The Balaban J connectivity index is 4.44. The molecule has 0 aliphatic carbocycles. The molecule has 0 aromatic heterocycles. The van der Waals surface area contributed by atoms with E-state index in [2.05, 4.69) is 49.7 Å². The molecule has 0 atom stereocenters. The molecule has 0 spiro atoms. The summed E-state index contributed by atoms with van der Waals surface area (Å²) in [6.45, 7) is 9.42. The van der Waals surface area contributed by atoms with Crippen LogP contribution in [0.2, 0.25) is 0 Å². The normalized spacial score (nSPS) is 13.2. The molecule has 0 unspecified atom stereocenters. The van der Waals surface area contributed by atoms with Gasteiger partial charge in [0.25, 0.3) is 0 Å². The van der Waals surface area contributed by atoms with E-state index in [1.807, 2.05) is 0 Å². The fraction of sp³-hybridized carbons (Fsp3) is 1.00. The van der Waals surface area contributed by atoms with Gasteiger partial charge in [0.2, 0.25) is 0 Å². The maximum absolute atomic E-state index is 3.19. The van der Waals surface area contributed by atoms with Gasteiger partial charge in [-0.25, -0.2) is 0 Å². The van der Waals surface area contributed by atoms with Crippen molar-refractivity contribution in [1.82, 2.24) is 0 Å². The van der Waals surface area contributed by atoms with Crippen LogP contribution < -0.4 is 0 Å². The topological polar surface area (TPSA) is 0 Å². The van der Waals surface area contributed by atoms with Crippen LogP contribution in [0.25, 0.3) is 0 Å². The number of halogens is 1. The van der Waals surface area contributed by atoms with E-state index in [1.54, 1.807) is 24.6 Å². The zero-order chi connectivity index (χ0) is 26.7. The summed E-state index contributed by atoms with van der Waals surface area (Å²) in [6, 6.07) is 0. The van der Waals surface area contributed by atoms with Crippen LogP contribution in [0.15, 0.2) is 0 Å². The van der Waals surface area contributed by atoms with E-state index in [0.717, 1.165) is 0 Å². The standard InChI is InChI=1S/C34H72IP/c1-5-9-13-17-18-19-20-21-22-23-24-25-26-30-34-36(35,31-27-14-10-6-2,32-28-15-11-7-3)33-29-16-12-8-4/h5-34H2,1-4H3. The van der Waals surface area contributed by atoms with E-state index in [4.69, 9.17) is 0 Å².